The number of hydrogen-bond acceptors (Lipinski definition) is 5. The van der Waals surface area contributed by atoms with Crippen molar-refractivity contribution in [2.24, 2.45) is 5.92 Å². The van der Waals surface area contributed by atoms with E-state index in [4.69, 9.17) is 0 Å². The van der Waals surface area contributed by atoms with Crippen LogP contribution < -0.4 is 5.32 Å². The molecular formula is C20H22N6O2. The van der Waals surface area contributed by atoms with Gasteiger partial charge >= 0.3 is 0 Å². The Hall–Kier alpha value is -3.21. The molecule has 2 aliphatic rings. The summed E-state index contributed by atoms with van der Waals surface area (Å²) in [6.07, 6.45) is 4.99. The van der Waals surface area contributed by atoms with E-state index in [9.17, 15) is 14.9 Å². The zero-order valence-electron chi connectivity index (χ0n) is 16.1. The van der Waals surface area contributed by atoms with Gasteiger partial charge in [-0.1, -0.05) is 6.08 Å². The molecule has 1 aliphatic carbocycles. The van der Waals surface area contributed by atoms with Crippen LogP contribution in [0.4, 0.5) is 0 Å². The summed E-state index contributed by atoms with van der Waals surface area (Å²) >= 11 is 0. The number of amides is 2. The average Bonchev–Trinajstić information content (AvgIpc) is 3.39. The van der Waals surface area contributed by atoms with E-state index in [-0.39, 0.29) is 23.9 Å². The molecule has 2 bridgehead atoms. The SMILES string of the molecule is C/C=C(\C)C(=O)N[C@@H]1C[C@@H]2C[C@H]1N(C(=O)c1cc(C)nc3c(C#N)cnn13)C2. The second kappa shape index (κ2) is 6.75. The minimum absolute atomic E-state index is 0.0272. The number of likely N-dealkylation sites (tertiary alicyclic amines) is 1. The van der Waals surface area contributed by atoms with Gasteiger partial charge in [0.1, 0.15) is 17.3 Å². The van der Waals surface area contributed by atoms with E-state index in [1.165, 1.54) is 10.7 Å². The van der Waals surface area contributed by atoms with Gasteiger partial charge in [0.2, 0.25) is 5.91 Å². The summed E-state index contributed by atoms with van der Waals surface area (Å²) in [5.41, 5.74) is 2.46. The second-order valence-electron chi connectivity index (χ2n) is 7.60. The summed E-state index contributed by atoms with van der Waals surface area (Å²) in [5, 5.41) is 16.5. The van der Waals surface area contributed by atoms with Crippen molar-refractivity contribution in [3.8, 4) is 6.07 Å². The summed E-state index contributed by atoms with van der Waals surface area (Å²) in [4.78, 5) is 31.8. The topological polar surface area (TPSA) is 103 Å². The molecule has 28 heavy (non-hydrogen) atoms. The lowest BCUT2D eigenvalue weighted by Crippen LogP contribution is -2.52. The minimum atomic E-state index is -0.141. The number of carbonyl (C=O) groups is 2. The quantitative estimate of drug-likeness (QED) is 0.817. The highest BCUT2D eigenvalue weighted by molar-refractivity contribution is 5.95. The van der Waals surface area contributed by atoms with Crippen molar-refractivity contribution in [1.29, 1.82) is 5.26 Å². The Balaban J connectivity index is 1.63. The molecule has 8 heteroatoms. The van der Waals surface area contributed by atoms with Crippen LogP contribution in [-0.2, 0) is 4.79 Å². The number of aromatic nitrogens is 3. The number of aryl methyl sites for hydroxylation is 1. The summed E-state index contributed by atoms with van der Waals surface area (Å²) in [6, 6.07) is 3.69. The monoisotopic (exact) mass is 378 g/mol. The molecule has 0 unspecified atom stereocenters. The van der Waals surface area contributed by atoms with Crippen molar-refractivity contribution in [1.82, 2.24) is 24.8 Å². The third-order valence-electron chi connectivity index (χ3n) is 5.79. The molecule has 2 fully saturated rings. The number of rotatable bonds is 3. The number of nitrogens with zero attached hydrogens (tertiary/aromatic N) is 5. The Bertz CT molecular complexity index is 1050. The van der Waals surface area contributed by atoms with Crippen LogP contribution >= 0.6 is 0 Å². The number of piperidine rings is 1. The molecule has 2 amide bonds. The normalized spacial score (nSPS) is 23.9. The lowest BCUT2D eigenvalue weighted by atomic mass is 10.0. The van der Waals surface area contributed by atoms with Gasteiger partial charge in [-0.05, 0) is 45.6 Å². The fourth-order valence-electron chi connectivity index (χ4n) is 4.29. The Morgan fingerprint density at radius 3 is 2.86 bits per heavy atom. The number of fused-ring (bicyclic) bond motifs is 3. The molecule has 8 nitrogen and oxygen atoms in total. The molecule has 2 aromatic heterocycles. The molecule has 4 rings (SSSR count). The molecule has 0 spiro atoms. The Kier molecular flexibility index (Phi) is 4.38. The molecule has 1 aliphatic heterocycles. The van der Waals surface area contributed by atoms with E-state index in [1.807, 2.05) is 11.8 Å². The highest BCUT2D eigenvalue weighted by atomic mass is 16.2. The highest BCUT2D eigenvalue weighted by Crippen LogP contribution is 2.38. The molecule has 3 atom stereocenters. The molecule has 0 aromatic carbocycles. The number of carbonyl (C=O) groups excluding carboxylic acids is 2. The van der Waals surface area contributed by atoms with E-state index in [2.05, 4.69) is 21.5 Å². The Morgan fingerprint density at radius 1 is 1.39 bits per heavy atom. The van der Waals surface area contributed by atoms with Crippen LogP contribution in [0.1, 0.15) is 48.4 Å². The van der Waals surface area contributed by atoms with Crippen LogP contribution in [-0.4, -0.2) is 49.9 Å². The van der Waals surface area contributed by atoms with E-state index in [0.29, 0.717) is 40.6 Å². The minimum Gasteiger partial charge on any atom is -0.348 e. The zero-order valence-corrected chi connectivity index (χ0v) is 16.1. The predicted molar refractivity (Wildman–Crippen MR) is 101 cm³/mol. The summed E-state index contributed by atoms with van der Waals surface area (Å²) in [7, 11) is 0. The first-order valence-electron chi connectivity index (χ1n) is 9.43. The van der Waals surface area contributed by atoms with Crippen LogP contribution in [0.15, 0.2) is 23.9 Å². The predicted octanol–water partition coefficient (Wildman–Crippen LogP) is 1.59. The lowest BCUT2D eigenvalue weighted by Gasteiger charge is -2.33. The molecular weight excluding hydrogens is 356 g/mol. The fourth-order valence-corrected chi connectivity index (χ4v) is 4.29. The van der Waals surface area contributed by atoms with Gasteiger partial charge in [-0.15, -0.1) is 0 Å². The van der Waals surface area contributed by atoms with Crippen molar-refractivity contribution in [2.45, 2.75) is 45.7 Å². The van der Waals surface area contributed by atoms with Gasteiger partial charge in [-0.2, -0.15) is 10.4 Å². The number of nitriles is 1. The maximum absolute atomic E-state index is 13.4. The third-order valence-corrected chi connectivity index (χ3v) is 5.79. The fraction of sp³-hybridized carbons (Fsp3) is 0.450. The zero-order chi connectivity index (χ0) is 20.0. The van der Waals surface area contributed by atoms with Gasteiger partial charge in [0.25, 0.3) is 5.91 Å². The van der Waals surface area contributed by atoms with Gasteiger partial charge in [-0.3, -0.25) is 9.59 Å². The molecule has 1 saturated carbocycles. The van der Waals surface area contributed by atoms with Crippen molar-refractivity contribution in [2.75, 3.05) is 6.54 Å². The Labute approximate surface area is 162 Å². The summed E-state index contributed by atoms with van der Waals surface area (Å²) in [6.45, 7) is 6.09. The van der Waals surface area contributed by atoms with Gasteiger partial charge in [0.05, 0.1) is 12.2 Å². The maximum atomic E-state index is 13.4. The van der Waals surface area contributed by atoms with Gasteiger partial charge in [-0.25, -0.2) is 9.50 Å². The van der Waals surface area contributed by atoms with Crippen LogP contribution in [0.25, 0.3) is 5.65 Å². The summed E-state index contributed by atoms with van der Waals surface area (Å²) < 4.78 is 1.44. The lowest BCUT2D eigenvalue weighted by molar-refractivity contribution is -0.118. The molecule has 0 radical (unpaired) electrons. The molecule has 144 valence electrons. The highest BCUT2D eigenvalue weighted by Gasteiger charge is 2.48. The Morgan fingerprint density at radius 2 is 2.18 bits per heavy atom. The van der Waals surface area contributed by atoms with E-state index >= 15 is 0 Å². The first-order chi connectivity index (χ1) is 13.4. The van der Waals surface area contributed by atoms with Gasteiger partial charge in [0, 0.05) is 23.9 Å². The number of allylic oxidation sites excluding steroid dienone is 1. The molecule has 2 aromatic rings. The van der Waals surface area contributed by atoms with Crippen LogP contribution in [0.3, 0.4) is 0 Å². The van der Waals surface area contributed by atoms with Gasteiger partial charge < -0.3 is 10.2 Å². The third kappa shape index (κ3) is 2.83. The first kappa shape index (κ1) is 18.2. The van der Waals surface area contributed by atoms with Crippen LogP contribution in [0, 0.1) is 24.2 Å². The molecule has 3 heterocycles. The van der Waals surface area contributed by atoms with Gasteiger partial charge in [0.15, 0.2) is 5.65 Å². The molecule has 1 N–H and O–H groups in total. The van der Waals surface area contributed by atoms with Crippen molar-refractivity contribution in [3.05, 3.63) is 40.9 Å². The number of hydrogen-bond donors (Lipinski definition) is 1. The average molecular weight is 378 g/mol. The second-order valence-corrected chi connectivity index (χ2v) is 7.60. The van der Waals surface area contributed by atoms with Crippen molar-refractivity contribution < 1.29 is 9.59 Å². The van der Waals surface area contributed by atoms with E-state index < -0.39 is 0 Å². The summed E-state index contributed by atoms with van der Waals surface area (Å²) in [5.74, 6) is 0.161. The maximum Gasteiger partial charge on any atom is 0.273 e. The van der Waals surface area contributed by atoms with E-state index in [0.717, 1.165) is 12.8 Å². The first-order valence-corrected chi connectivity index (χ1v) is 9.43. The van der Waals surface area contributed by atoms with Crippen LogP contribution in [0.5, 0.6) is 0 Å². The van der Waals surface area contributed by atoms with Crippen molar-refractivity contribution >= 4 is 17.5 Å². The molecule has 1 saturated heterocycles. The van der Waals surface area contributed by atoms with Crippen molar-refractivity contribution in [3.63, 3.8) is 0 Å². The standard InChI is InChI=1S/C20H22N6O2/c1-4-11(2)19(27)24-15-6-13-7-16(15)25(10-13)20(28)17-5-12(3)23-18-14(8-21)9-22-26(17)18/h4-5,9,13,15-16H,6-7,10H2,1-3H3,(H,24,27)/b11-4+/t13-,15-,16-/m1/s1. The smallest absolute Gasteiger partial charge is 0.273 e. The number of nitrogens with one attached hydrogen (secondary N) is 1. The van der Waals surface area contributed by atoms with E-state index in [1.54, 1.807) is 26.0 Å². The largest absolute Gasteiger partial charge is 0.348 e. The van der Waals surface area contributed by atoms with Crippen LogP contribution in [0.2, 0.25) is 0 Å².